The van der Waals surface area contributed by atoms with Crippen LogP contribution in [0.3, 0.4) is 0 Å². The summed E-state index contributed by atoms with van der Waals surface area (Å²) in [5, 5.41) is 18.3. The molecule has 3 aromatic rings. The van der Waals surface area contributed by atoms with E-state index in [9.17, 15) is 27.9 Å². The average Bonchev–Trinajstić information content (AvgIpc) is 3.40. The minimum Gasteiger partial charge on any atom is -0.391 e. The summed E-state index contributed by atoms with van der Waals surface area (Å²) in [6.45, 7) is 1.45. The molecule has 12 heteroatoms. The molecule has 5 rings (SSSR count). The second kappa shape index (κ2) is 10.7. The van der Waals surface area contributed by atoms with Gasteiger partial charge in [-0.15, -0.1) is 0 Å². The molecule has 2 amide bonds. The summed E-state index contributed by atoms with van der Waals surface area (Å²) in [7, 11) is 0. The molecule has 1 unspecified atom stereocenters. The van der Waals surface area contributed by atoms with E-state index in [1.807, 2.05) is 0 Å². The number of nitrogens with one attached hydrogen (secondary N) is 1. The van der Waals surface area contributed by atoms with Crippen LogP contribution in [0.25, 0.3) is 17.0 Å². The highest BCUT2D eigenvalue weighted by atomic mass is 35.5. The van der Waals surface area contributed by atoms with Gasteiger partial charge >= 0.3 is 6.18 Å². The number of fused-ring (bicyclic) bond motifs is 1. The van der Waals surface area contributed by atoms with Crippen molar-refractivity contribution in [2.24, 2.45) is 5.92 Å². The van der Waals surface area contributed by atoms with E-state index in [0.29, 0.717) is 16.5 Å². The van der Waals surface area contributed by atoms with Crippen molar-refractivity contribution in [2.75, 3.05) is 19.6 Å². The summed E-state index contributed by atoms with van der Waals surface area (Å²) >= 11 is 6.60. The fraction of sp³-hybridized carbons (Fsp3) is 0.346. The van der Waals surface area contributed by atoms with Gasteiger partial charge in [0.05, 0.1) is 41.4 Å². The van der Waals surface area contributed by atoms with Gasteiger partial charge in [-0.3, -0.25) is 19.2 Å². The second-order valence-electron chi connectivity index (χ2n) is 9.37. The molecule has 0 saturated carbocycles. The van der Waals surface area contributed by atoms with Crippen molar-refractivity contribution in [3.05, 3.63) is 69.2 Å². The van der Waals surface area contributed by atoms with E-state index in [1.54, 1.807) is 24.3 Å². The molecule has 7 nitrogen and oxygen atoms in total. The zero-order valence-corrected chi connectivity index (χ0v) is 21.6. The third-order valence-electron chi connectivity index (χ3n) is 6.83. The molecule has 0 aliphatic carbocycles. The summed E-state index contributed by atoms with van der Waals surface area (Å²) in [5.74, 6) is -0.417. The Labute approximate surface area is 225 Å². The van der Waals surface area contributed by atoms with Crippen LogP contribution in [0.15, 0.2) is 47.5 Å². The number of carbonyl (C=O) groups excluding carboxylic acids is 2. The second-order valence-corrected chi connectivity index (χ2v) is 10.8. The molecule has 2 saturated heterocycles. The van der Waals surface area contributed by atoms with E-state index >= 15 is 0 Å². The van der Waals surface area contributed by atoms with Gasteiger partial charge in [0.15, 0.2) is 0 Å². The van der Waals surface area contributed by atoms with Crippen LogP contribution in [0.5, 0.6) is 0 Å². The first-order valence-corrected chi connectivity index (χ1v) is 13.2. The number of piperidine rings is 1. The Morgan fingerprint density at radius 1 is 1.18 bits per heavy atom. The van der Waals surface area contributed by atoms with E-state index < -0.39 is 29.0 Å². The number of β-amino-alcohol motifs (C(OH)–C–C–N with tert-alkyl or cyclic N) is 1. The van der Waals surface area contributed by atoms with Crippen LogP contribution in [-0.2, 0) is 17.5 Å². The lowest BCUT2D eigenvalue weighted by Crippen LogP contribution is -2.42. The van der Waals surface area contributed by atoms with Crippen molar-refractivity contribution in [1.29, 1.82) is 0 Å². The molecule has 0 radical (unpaired) electrons. The zero-order chi connectivity index (χ0) is 27.0. The molecule has 1 aromatic heterocycles. The molecule has 0 spiro atoms. The van der Waals surface area contributed by atoms with Crippen LogP contribution >= 0.6 is 23.4 Å². The number of hydrogen-bond donors (Lipinski definition) is 2. The maximum Gasteiger partial charge on any atom is 0.416 e. The van der Waals surface area contributed by atoms with Crippen molar-refractivity contribution in [1.82, 2.24) is 20.0 Å². The Bertz CT molecular complexity index is 1420. The van der Waals surface area contributed by atoms with Crippen LogP contribution in [-0.4, -0.2) is 56.7 Å². The third-order valence-corrected chi connectivity index (χ3v) is 7.97. The first kappa shape index (κ1) is 26.7. The number of carbonyl (C=O) groups is 2. The molecular formula is C26H24ClF3N4O3S. The lowest BCUT2D eigenvalue weighted by molar-refractivity contribution is -0.138. The van der Waals surface area contributed by atoms with Gasteiger partial charge in [0.25, 0.3) is 11.1 Å². The SMILES string of the molecule is O=C1S/C(=C\c2ccc3c(cnn3Cc3ccc(Cl)cc3C(F)(F)F)c2)C(=O)N1CC(O)C1CCNCC1. The third kappa shape index (κ3) is 5.61. The van der Waals surface area contributed by atoms with Crippen molar-refractivity contribution in [3.8, 4) is 0 Å². The van der Waals surface area contributed by atoms with Crippen molar-refractivity contribution in [3.63, 3.8) is 0 Å². The van der Waals surface area contributed by atoms with Gasteiger partial charge in [-0.25, -0.2) is 0 Å². The number of halogens is 4. The number of aliphatic hydroxyl groups excluding tert-OH is 1. The maximum absolute atomic E-state index is 13.5. The fourth-order valence-corrected chi connectivity index (χ4v) is 5.83. The van der Waals surface area contributed by atoms with Gasteiger partial charge in [-0.2, -0.15) is 18.3 Å². The summed E-state index contributed by atoms with van der Waals surface area (Å²) in [5.41, 5.74) is 0.481. The maximum atomic E-state index is 13.5. The van der Waals surface area contributed by atoms with Crippen LogP contribution in [0.4, 0.5) is 18.0 Å². The molecule has 0 bridgehead atoms. The molecular weight excluding hydrogens is 541 g/mol. The van der Waals surface area contributed by atoms with Gasteiger partial charge in [0, 0.05) is 10.4 Å². The normalized spacial score (nSPS) is 19.2. The molecule has 2 aliphatic heterocycles. The number of benzene rings is 2. The molecule has 1 atom stereocenters. The van der Waals surface area contributed by atoms with Gasteiger partial charge < -0.3 is 10.4 Å². The molecule has 2 aromatic carbocycles. The van der Waals surface area contributed by atoms with Crippen LogP contribution < -0.4 is 5.32 Å². The Kier molecular flexibility index (Phi) is 7.54. The number of nitrogens with zero attached hydrogens (tertiary/aromatic N) is 3. The van der Waals surface area contributed by atoms with Crippen molar-refractivity contribution < 1.29 is 27.9 Å². The highest BCUT2D eigenvalue weighted by molar-refractivity contribution is 8.18. The van der Waals surface area contributed by atoms with Gasteiger partial charge in [0.1, 0.15) is 0 Å². The molecule has 2 N–H and O–H groups in total. The standard InChI is InChI=1S/C26H24ClF3N4O3S/c27-19-3-2-17(20(11-19)26(28,29)30)13-34-21-4-1-15(9-18(21)12-32-34)10-23-24(36)33(25(37)38-23)14-22(35)16-5-7-31-8-6-16/h1-4,9-12,16,22,31,35H,5-8,13-14H2/b23-10-. The van der Waals surface area contributed by atoms with Crippen molar-refractivity contribution >= 4 is 51.5 Å². The zero-order valence-electron chi connectivity index (χ0n) is 20.0. The van der Waals surface area contributed by atoms with Crippen LogP contribution in [0.1, 0.15) is 29.5 Å². The van der Waals surface area contributed by atoms with Crippen LogP contribution in [0.2, 0.25) is 5.02 Å². The number of aliphatic hydroxyl groups is 1. The monoisotopic (exact) mass is 564 g/mol. The van der Waals surface area contributed by atoms with E-state index in [1.165, 1.54) is 23.0 Å². The Morgan fingerprint density at radius 2 is 1.95 bits per heavy atom. The van der Waals surface area contributed by atoms with E-state index in [4.69, 9.17) is 11.6 Å². The van der Waals surface area contributed by atoms with E-state index in [0.717, 1.165) is 48.7 Å². The Morgan fingerprint density at radius 3 is 2.68 bits per heavy atom. The minimum absolute atomic E-state index is 0.00116. The fourth-order valence-electron chi connectivity index (χ4n) is 4.81. The van der Waals surface area contributed by atoms with Gasteiger partial charge in [-0.1, -0.05) is 23.7 Å². The quantitative estimate of drug-likeness (QED) is 0.403. The molecule has 200 valence electrons. The lowest BCUT2D eigenvalue weighted by atomic mass is 9.92. The number of amides is 2. The first-order chi connectivity index (χ1) is 18.1. The lowest BCUT2D eigenvalue weighted by Gasteiger charge is -2.29. The number of thioether (sulfide) groups is 1. The van der Waals surface area contributed by atoms with Gasteiger partial charge in [-0.05, 0) is 85.1 Å². The number of hydrogen-bond acceptors (Lipinski definition) is 6. The predicted octanol–water partition coefficient (Wildman–Crippen LogP) is 5.15. The topological polar surface area (TPSA) is 87.5 Å². The number of aromatic nitrogens is 2. The summed E-state index contributed by atoms with van der Waals surface area (Å²) in [4.78, 5) is 26.8. The van der Waals surface area contributed by atoms with Crippen molar-refractivity contribution in [2.45, 2.75) is 31.7 Å². The minimum atomic E-state index is -4.55. The smallest absolute Gasteiger partial charge is 0.391 e. The Hall–Kier alpha value is -2.86. The number of rotatable bonds is 6. The van der Waals surface area contributed by atoms with E-state index in [-0.39, 0.29) is 34.5 Å². The molecule has 38 heavy (non-hydrogen) atoms. The molecule has 3 heterocycles. The predicted molar refractivity (Wildman–Crippen MR) is 140 cm³/mol. The number of alkyl halides is 3. The average molecular weight is 565 g/mol. The van der Waals surface area contributed by atoms with Gasteiger partial charge in [0.2, 0.25) is 0 Å². The largest absolute Gasteiger partial charge is 0.416 e. The first-order valence-electron chi connectivity index (χ1n) is 12.1. The highest BCUT2D eigenvalue weighted by Gasteiger charge is 2.38. The summed E-state index contributed by atoms with van der Waals surface area (Å²) in [6.07, 6.45) is -0.613. The van der Waals surface area contributed by atoms with Crippen LogP contribution in [0, 0.1) is 5.92 Å². The summed E-state index contributed by atoms with van der Waals surface area (Å²) in [6, 6.07) is 8.83. The summed E-state index contributed by atoms with van der Waals surface area (Å²) < 4.78 is 42.0. The molecule has 2 aliphatic rings. The Balaban J connectivity index is 1.33. The highest BCUT2D eigenvalue weighted by Crippen LogP contribution is 2.35. The number of imide groups is 1. The van der Waals surface area contributed by atoms with E-state index in [2.05, 4.69) is 10.4 Å². The molecule has 2 fully saturated rings.